The third-order valence-corrected chi connectivity index (χ3v) is 8.68. The zero-order valence-electron chi connectivity index (χ0n) is 25.1. The summed E-state index contributed by atoms with van der Waals surface area (Å²) in [7, 11) is 0. The van der Waals surface area contributed by atoms with Gasteiger partial charge >= 0.3 is 0 Å². The van der Waals surface area contributed by atoms with Crippen LogP contribution in [0.15, 0.2) is 67.3 Å². The molecule has 0 radical (unpaired) electrons. The van der Waals surface area contributed by atoms with Crippen molar-refractivity contribution in [2.45, 2.75) is 51.2 Å². The second-order valence-corrected chi connectivity index (χ2v) is 13.0. The third kappa shape index (κ3) is 6.71. The maximum atomic E-state index is 13.9. The molecule has 0 saturated carbocycles. The number of fused-ring (bicyclic) bond motifs is 1. The lowest BCUT2D eigenvalue weighted by molar-refractivity contribution is 0.0866. The molecule has 45 heavy (non-hydrogen) atoms. The summed E-state index contributed by atoms with van der Waals surface area (Å²) in [4.78, 5) is 10.9. The molecule has 2 N–H and O–H groups in total. The molecule has 2 aromatic carbocycles. The molecule has 12 heteroatoms. The van der Waals surface area contributed by atoms with Crippen molar-refractivity contribution < 1.29 is 4.39 Å². The molecule has 1 aliphatic heterocycles. The molecule has 9 nitrogen and oxygen atoms in total. The molecule has 3 aromatic heterocycles. The van der Waals surface area contributed by atoms with Gasteiger partial charge in [-0.05, 0) is 63.4 Å². The molecule has 230 valence electrons. The summed E-state index contributed by atoms with van der Waals surface area (Å²) in [5, 5.41) is 27.3. The van der Waals surface area contributed by atoms with Gasteiger partial charge in [-0.2, -0.15) is 5.26 Å². The molecule has 1 fully saturated rings. The lowest BCUT2D eigenvalue weighted by Crippen LogP contribution is -2.46. The molecule has 0 bridgehead atoms. The van der Waals surface area contributed by atoms with Gasteiger partial charge in [0.1, 0.15) is 17.6 Å². The van der Waals surface area contributed by atoms with E-state index in [-0.39, 0.29) is 17.1 Å². The van der Waals surface area contributed by atoms with Crippen molar-refractivity contribution in [3.63, 3.8) is 0 Å². The van der Waals surface area contributed by atoms with E-state index >= 15 is 0 Å². The van der Waals surface area contributed by atoms with E-state index in [1.165, 1.54) is 18.5 Å². The van der Waals surface area contributed by atoms with Gasteiger partial charge in [-0.25, -0.2) is 9.07 Å². The quantitative estimate of drug-likeness (QED) is 0.184. The number of nitriles is 1. The van der Waals surface area contributed by atoms with E-state index in [0.717, 1.165) is 43.4 Å². The van der Waals surface area contributed by atoms with Crippen LogP contribution in [0.25, 0.3) is 10.9 Å². The first-order valence-electron chi connectivity index (χ1n) is 14.7. The van der Waals surface area contributed by atoms with Crippen LogP contribution >= 0.6 is 23.2 Å². The van der Waals surface area contributed by atoms with Crippen molar-refractivity contribution in [3.8, 4) is 6.07 Å². The number of benzene rings is 2. The van der Waals surface area contributed by atoms with Gasteiger partial charge < -0.3 is 10.6 Å². The predicted octanol–water partition coefficient (Wildman–Crippen LogP) is 7.92. The lowest BCUT2D eigenvalue weighted by atomic mass is 9.98. The molecule has 0 spiro atoms. The minimum atomic E-state index is -0.504. The molecule has 5 aromatic rings. The number of hydrogen-bond acceptors (Lipinski definition) is 8. The zero-order valence-corrected chi connectivity index (χ0v) is 26.6. The highest BCUT2D eigenvalue weighted by molar-refractivity contribution is 6.36. The molecule has 1 atom stereocenters. The maximum absolute atomic E-state index is 13.9. The highest BCUT2D eigenvalue weighted by atomic mass is 35.5. The Balaban J connectivity index is 1.36. The van der Waals surface area contributed by atoms with Crippen LogP contribution in [0.5, 0.6) is 0 Å². The van der Waals surface area contributed by atoms with Crippen LogP contribution < -0.4 is 10.6 Å². The van der Waals surface area contributed by atoms with Crippen LogP contribution in [0.3, 0.4) is 0 Å². The van der Waals surface area contributed by atoms with E-state index in [2.05, 4.69) is 62.7 Å². The van der Waals surface area contributed by atoms with Gasteiger partial charge in [0.2, 0.25) is 0 Å². The SMILES string of the molecule is CC(C)(C)N1CCC(n2cc(C(Nc3cc(Cl)c4ncc(C#N)c(Nc5cncc(F)c5)c4c3)c3ccc(Cl)cc3)nn2)CC1. The van der Waals surface area contributed by atoms with Crippen LogP contribution in [0, 0.1) is 17.1 Å². The predicted molar refractivity (Wildman–Crippen MR) is 175 cm³/mol. The van der Waals surface area contributed by atoms with Crippen molar-refractivity contribution >= 4 is 51.2 Å². The average molecular weight is 645 g/mol. The summed E-state index contributed by atoms with van der Waals surface area (Å²) in [5.41, 5.74) is 4.05. The largest absolute Gasteiger partial charge is 0.373 e. The maximum Gasteiger partial charge on any atom is 0.143 e. The number of aromatic nitrogens is 5. The lowest BCUT2D eigenvalue weighted by Gasteiger charge is -2.40. The first-order valence-corrected chi connectivity index (χ1v) is 15.4. The van der Waals surface area contributed by atoms with E-state index in [1.54, 1.807) is 6.07 Å². The van der Waals surface area contributed by atoms with Gasteiger partial charge in [-0.1, -0.05) is 40.5 Å². The second kappa shape index (κ2) is 12.6. The number of nitrogens with zero attached hydrogens (tertiary/aromatic N) is 7. The van der Waals surface area contributed by atoms with Crippen molar-refractivity contribution in [2.75, 3.05) is 23.7 Å². The van der Waals surface area contributed by atoms with Crippen LogP contribution in [-0.4, -0.2) is 48.5 Å². The molecule has 1 unspecified atom stereocenters. The third-order valence-electron chi connectivity index (χ3n) is 8.14. The zero-order chi connectivity index (χ0) is 31.7. The fourth-order valence-electron chi connectivity index (χ4n) is 5.74. The summed E-state index contributed by atoms with van der Waals surface area (Å²) >= 11 is 13.0. The van der Waals surface area contributed by atoms with Crippen molar-refractivity contribution in [3.05, 3.63) is 99.9 Å². The van der Waals surface area contributed by atoms with Crippen LogP contribution in [0.2, 0.25) is 10.0 Å². The van der Waals surface area contributed by atoms with E-state index in [1.807, 2.05) is 41.2 Å². The molecular weight excluding hydrogens is 612 g/mol. The number of hydrogen-bond donors (Lipinski definition) is 2. The molecular formula is C33H32Cl2FN9. The fraction of sp³-hybridized carbons (Fsp3) is 0.303. The Morgan fingerprint density at radius 2 is 1.78 bits per heavy atom. The summed E-state index contributed by atoms with van der Waals surface area (Å²) in [5.74, 6) is -0.504. The standard InChI is InChI=1S/C33H32Cl2FN9/c1-33(2,3)44-10-8-26(9-11-44)45-19-29(42-43-45)31(20-4-6-22(34)7-5-20)40-24-13-27-30(41-25-12-23(36)17-38-18-25)21(15-37)16-39-32(27)28(35)14-24/h4-7,12-14,16-19,26,31,40H,8-11H2,1-3H3,(H,39,41). The van der Waals surface area contributed by atoms with Gasteiger partial charge in [0.15, 0.2) is 0 Å². The summed E-state index contributed by atoms with van der Waals surface area (Å²) < 4.78 is 15.9. The Bertz CT molecular complexity index is 1870. The number of rotatable bonds is 7. The average Bonchev–Trinajstić information content (AvgIpc) is 3.51. The number of pyridine rings is 2. The molecule has 0 amide bonds. The van der Waals surface area contributed by atoms with Gasteiger partial charge in [-0.3, -0.25) is 14.9 Å². The number of nitrogens with one attached hydrogen (secondary N) is 2. The smallest absolute Gasteiger partial charge is 0.143 e. The summed E-state index contributed by atoms with van der Waals surface area (Å²) in [6.45, 7) is 8.74. The van der Waals surface area contributed by atoms with Gasteiger partial charge in [-0.15, -0.1) is 5.10 Å². The topological polar surface area (TPSA) is 108 Å². The number of halogens is 3. The van der Waals surface area contributed by atoms with E-state index in [4.69, 9.17) is 23.2 Å². The van der Waals surface area contributed by atoms with E-state index in [9.17, 15) is 9.65 Å². The highest BCUT2D eigenvalue weighted by Gasteiger charge is 2.29. The molecule has 1 saturated heterocycles. The Kier molecular flexibility index (Phi) is 8.60. The summed E-state index contributed by atoms with van der Waals surface area (Å²) in [6, 6.07) is 14.5. The molecule has 4 heterocycles. The Hall–Kier alpha value is -4.30. The fourth-order valence-corrected chi connectivity index (χ4v) is 6.13. The highest BCUT2D eigenvalue weighted by Crippen LogP contribution is 2.37. The number of likely N-dealkylation sites (tertiary alicyclic amines) is 1. The molecule has 1 aliphatic rings. The summed E-state index contributed by atoms with van der Waals surface area (Å²) in [6.07, 6.45) is 8.02. The minimum absolute atomic E-state index is 0.135. The molecule has 6 rings (SSSR count). The Morgan fingerprint density at radius 3 is 2.47 bits per heavy atom. The first-order chi connectivity index (χ1) is 21.6. The first kappa shape index (κ1) is 30.7. The van der Waals surface area contributed by atoms with Gasteiger partial charge in [0.05, 0.1) is 58.2 Å². The van der Waals surface area contributed by atoms with Gasteiger partial charge in [0, 0.05) is 47.0 Å². The normalized spacial score (nSPS) is 15.1. The van der Waals surface area contributed by atoms with E-state index in [0.29, 0.717) is 38.0 Å². The Morgan fingerprint density at radius 1 is 1.02 bits per heavy atom. The number of anilines is 3. The number of piperidine rings is 1. The second-order valence-electron chi connectivity index (χ2n) is 12.2. The monoisotopic (exact) mass is 643 g/mol. The van der Waals surface area contributed by atoms with E-state index < -0.39 is 11.9 Å². The van der Waals surface area contributed by atoms with Crippen LogP contribution in [0.1, 0.15) is 62.5 Å². The van der Waals surface area contributed by atoms with Crippen molar-refractivity contribution in [1.29, 1.82) is 5.26 Å². The van der Waals surface area contributed by atoms with Gasteiger partial charge in [0.25, 0.3) is 0 Å². The van der Waals surface area contributed by atoms with Crippen molar-refractivity contribution in [1.82, 2.24) is 29.9 Å². The van der Waals surface area contributed by atoms with Crippen LogP contribution in [-0.2, 0) is 0 Å². The van der Waals surface area contributed by atoms with Crippen molar-refractivity contribution in [2.24, 2.45) is 0 Å². The van der Waals surface area contributed by atoms with Crippen LogP contribution in [0.4, 0.5) is 21.5 Å². The minimum Gasteiger partial charge on any atom is -0.373 e. The molecule has 0 aliphatic carbocycles. The Labute approximate surface area is 271 Å².